The van der Waals surface area contributed by atoms with Crippen LogP contribution in [0.15, 0.2) is 49.1 Å². The van der Waals surface area contributed by atoms with Gasteiger partial charge in [0.2, 0.25) is 35.9 Å². The van der Waals surface area contributed by atoms with Crippen LogP contribution in [0.1, 0.15) is 119 Å². The number of anilines is 1. The van der Waals surface area contributed by atoms with Gasteiger partial charge in [-0.15, -0.1) is 0 Å². The lowest BCUT2D eigenvalue weighted by atomic mass is 9.99. The van der Waals surface area contributed by atoms with Crippen LogP contribution in [0.2, 0.25) is 36.6 Å². The number of aromatic nitrogens is 16. The Kier molecular flexibility index (Phi) is 18.2. The van der Waals surface area contributed by atoms with Gasteiger partial charge in [-0.25, -0.2) is 34.9 Å². The number of rotatable bonds is 14. The lowest BCUT2D eigenvalue weighted by molar-refractivity contribution is -0.163. The molecule has 8 aliphatic carbocycles. The van der Waals surface area contributed by atoms with Crippen molar-refractivity contribution in [3.8, 4) is 0 Å². The Labute approximate surface area is 653 Å². The summed E-state index contributed by atoms with van der Waals surface area (Å²) >= 11 is 42.5. The minimum atomic E-state index is -2.81. The highest BCUT2D eigenvalue weighted by Crippen LogP contribution is 2.76. The molecule has 0 bridgehead atoms. The van der Waals surface area contributed by atoms with E-state index in [1.54, 1.807) is 50.3 Å². The highest BCUT2D eigenvalue weighted by molar-refractivity contribution is 7.61. The third kappa shape index (κ3) is 12.3. The number of carbonyl (C=O) groups excluding carboxylic acids is 1. The molecule has 40 heteroatoms. The molecule has 0 amide bonds. The van der Waals surface area contributed by atoms with Gasteiger partial charge in [0.05, 0.1) is 93.0 Å². The Morgan fingerprint density at radius 2 is 0.769 bits per heavy atom. The first-order chi connectivity index (χ1) is 50.9. The van der Waals surface area contributed by atoms with E-state index in [2.05, 4.69) is 59.8 Å². The van der Waals surface area contributed by atoms with Gasteiger partial charge in [-0.3, -0.25) is 9.13 Å². The first-order valence-corrected chi connectivity index (χ1v) is 42.5. The van der Waals surface area contributed by atoms with Crippen molar-refractivity contribution in [1.29, 1.82) is 0 Å². The van der Waals surface area contributed by atoms with E-state index in [-0.39, 0.29) is 162 Å². The number of aldehydes is 1. The lowest BCUT2D eigenvalue weighted by Crippen LogP contribution is -2.33. The number of halogens is 7. The monoisotopic (exact) mass is 1660 g/mol. The third-order valence-electron chi connectivity index (χ3n) is 23.5. The largest absolute Gasteiger partial charge is 0.396 e. The second kappa shape index (κ2) is 25.9. The van der Waals surface area contributed by atoms with E-state index in [0.717, 1.165) is 32.0 Å². The zero-order valence-corrected chi connectivity index (χ0v) is 67.5. The first kappa shape index (κ1) is 75.9. The molecule has 0 radical (unpaired) electrons. The van der Waals surface area contributed by atoms with Gasteiger partial charge in [-0.1, -0.05) is 47.0 Å². The molecule has 4 saturated heterocycles. The second-order valence-electron chi connectivity index (χ2n) is 31.9. The Balaban J connectivity index is 0.000000106. The SMILES string of the molecule is CC1(C)O[C@H]2[C@H](n3cnc4c(Cl)nc(Cl)nc43)[C@H]3C[C@@]3(C=O)[C@H]2O1.CC1(C)O[C@H]2[C@H](n3cnc4c(Cl)nc(Cl)nc43)[C@H]3C[C@@]3(CO)[C@H]2O1.CCOP(C)(=O)/C=C/[C@@]12C[C@@H]1[C@@H](n1cnc3c(Cl)nc(Cl)nc31)[C@@H]1OC(C)(C)O[C@@H]12.CCOP(C)(=O)/C=C/[C@@]12C[C@@H]1[C@@H](n1cnc3c(N)nc(Cl)nc31)[C@@H]1OC(C)(C)O[C@@H]12. The fraction of sp³-hybridized carbons (Fsp3) is 0.632. The van der Waals surface area contributed by atoms with Gasteiger partial charge in [0.15, 0.2) is 67.0 Å². The summed E-state index contributed by atoms with van der Waals surface area (Å²) in [5.74, 6) is 1.64. The lowest BCUT2D eigenvalue weighted by Gasteiger charge is -2.24. The molecule has 2 unspecified atom stereocenters. The molecule has 22 atom stereocenters. The molecule has 578 valence electrons. The van der Waals surface area contributed by atoms with Crippen molar-refractivity contribution >= 4 is 153 Å². The van der Waals surface area contributed by atoms with Crippen LogP contribution >= 0.6 is 95.9 Å². The van der Waals surface area contributed by atoms with Crippen molar-refractivity contribution in [1.82, 2.24) is 78.1 Å². The third-order valence-corrected chi connectivity index (χ3v) is 27.9. The highest BCUT2D eigenvalue weighted by atomic mass is 35.5. The van der Waals surface area contributed by atoms with Crippen LogP contribution < -0.4 is 5.73 Å². The minimum Gasteiger partial charge on any atom is -0.396 e. The molecule has 31 nitrogen and oxygen atoms in total. The Morgan fingerprint density at radius 3 is 1.13 bits per heavy atom. The first-order valence-electron chi connectivity index (χ1n) is 35.5. The van der Waals surface area contributed by atoms with Crippen molar-refractivity contribution in [2.75, 3.05) is 38.9 Å². The Morgan fingerprint density at radius 1 is 0.463 bits per heavy atom. The number of nitrogen functional groups attached to an aromatic ring is 1. The van der Waals surface area contributed by atoms with E-state index in [0.29, 0.717) is 57.9 Å². The smallest absolute Gasteiger partial charge is 0.226 e. The zero-order chi connectivity index (χ0) is 76.7. The quantitative estimate of drug-likeness (QED) is 0.0442. The van der Waals surface area contributed by atoms with Crippen LogP contribution in [0.4, 0.5) is 5.82 Å². The van der Waals surface area contributed by atoms with Gasteiger partial charge in [0.1, 0.15) is 58.9 Å². The van der Waals surface area contributed by atoms with Crippen LogP contribution in [-0.4, -0.2) is 195 Å². The molecule has 0 spiro atoms. The fourth-order valence-electron chi connectivity index (χ4n) is 19.1. The number of fused-ring (bicyclic) bond motifs is 16. The molecule has 8 aromatic rings. The van der Waals surface area contributed by atoms with E-state index >= 15 is 0 Å². The summed E-state index contributed by atoms with van der Waals surface area (Å²) in [4.78, 5) is 62.4. The summed E-state index contributed by atoms with van der Waals surface area (Å²) in [6, 6.07) is -0.276. The molecule has 4 aliphatic heterocycles. The van der Waals surface area contributed by atoms with Gasteiger partial charge in [0, 0.05) is 29.6 Å². The van der Waals surface area contributed by atoms with Crippen molar-refractivity contribution in [2.24, 2.45) is 45.3 Å². The molecule has 108 heavy (non-hydrogen) atoms. The molecule has 12 heterocycles. The number of hydrogen-bond donors (Lipinski definition) is 2. The molecule has 8 aromatic heterocycles. The number of imidazole rings is 4. The standard InChI is InChI=1S/C19H23Cl2N4O4P.C19H25ClN5O4P.C15H16Cl2N4O3.C15H14Cl2N4O3/c1-5-27-30(4,26)7-6-19-8-10(19)12(13-14(19)29-18(2,3)28-13)25-9-22-11-15(20)23-17(21)24-16(11)25;1-5-27-30(4,26)7-6-19-8-10(19)12(13-14(19)29-18(2,3)28-13)25-9-22-11-15(21)23-17(20)24-16(11)25;2*1-14(2)23-9-8(6-3-15(6,4-22)10(9)24-14)21-5-18-7-11(16)19-13(17)20-12(7)21/h6-7,9-10,12-14H,5,8H2,1-4H3;6-7,9-10,12-14H,5,8H2,1-4H3,(H2,21,23,24);5-6,8-10,22H,3-4H2,1-2H3;4-6,8-10H,3H2,1-2H3/b2*7-6+;;/t2*10-,12-,13+,14+,19-,30?;2*6-,8-,9+,10+,15+/m1111/s1. The number of aliphatic hydroxyl groups excluding tert-OH is 1. The van der Waals surface area contributed by atoms with Crippen molar-refractivity contribution in [3.05, 3.63) is 85.7 Å². The number of hydrogen-bond acceptors (Lipinski definition) is 27. The van der Waals surface area contributed by atoms with Crippen LogP contribution in [0, 0.1) is 45.3 Å². The summed E-state index contributed by atoms with van der Waals surface area (Å²) < 4.78 is 93.7. The van der Waals surface area contributed by atoms with E-state index in [9.17, 15) is 19.0 Å². The topological polar surface area (TPSA) is 364 Å². The van der Waals surface area contributed by atoms with Crippen LogP contribution in [0.5, 0.6) is 0 Å². The van der Waals surface area contributed by atoms with E-state index in [1.165, 1.54) is 0 Å². The number of aliphatic hydroxyl groups is 1. The predicted octanol–water partition coefficient (Wildman–Crippen LogP) is 12.9. The van der Waals surface area contributed by atoms with Crippen molar-refractivity contribution in [3.63, 3.8) is 0 Å². The average Bonchev–Trinajstić information content (AvgIpc) is 1.52. The maximum Gasteiger partial charge on any atom is 0.226 e. The predicted molar refractivity (Wildman–Crippen MR) is 396 cm³/mol. The Hall–Kier alpha value is -4.80. The molecule has 12 fully saturated rings. The van der Waals surface area contributed by atoms with E-state index in [4.69, 9.17) is 134 Å². The zero-order valence-electron chi connectivity index (χ0n) is 60.4. The van der Waals surface area contributed by atoms with Gasteiger partial charge in [0.25, 0.3) is 0 Å². The average molecular weight is 1670 g/mol. The van der Waals surface area contributed by atoms with E-state index < -0.39 is 43.3 Å². The Bertz CT molecular complexity index is 5030. The van der Waals surface area contributed by atoms with Crippen molar-refractivity contribution in [2.45, 2.75) is 191 Å². The number of nitrogens with zero attached hydrogens (tertiary/aromatic N) is 16. The molecule has 20 rings (SSSR count). The molecule has 0 aromatic carbocycles. The minimum absolute atomic E-state index is 0.0315. The maximum atomic E-state index is 12.7. The molecular weight excluding hydrogens is 1590 g/mol. The van der Waals surface area contributed by atoms with Gasteiger partial charge in [-0.05, 0) is 177 Å². The van der Waals surface area contributed by atoms with Crippen LogP contribution in [-0.2, 0) is 60.9 Å². The van der Waals surface area contributed by atoms with Crippen molar-refractivity contribution < 1.29 is 66.0 Å². The second-order valence-corrected chi connectivity index (χ2v) is 39.1. The van der Waals surface area contributed by atoms with Gasteiger partial charge < -0.3 is 80.8 Å². The number of ether oxygens (including phenoxy) is 8. The highest BCUT2D eigenvalue weighted by Gasteiger charge is 2.79. The normalized spacial score (nSPS) is 37.5. The summed E-state index contributed by atoms with van der Waals surface area (Å²) in [7, 11) is -5.63. The molecule has 3 N–H and O–H groups in total. The summed E-state index contributed by atoms with van der Waals surface area (Å²) in [5, 5.41) is 10.9. The number of nitrogens with two attached hydrogens (primary N) is 1. The number of carbonyl (C=O) groups is 1. The van der Waals surface area contributed by atoms with Crippen LogP contribution in [0.25, 0.3) is 44.7 Å². The van der Waals surface area contributed by atoms with Gasteiger partial charge in [-0.2, -0.15) is 24.9 Å². The summed E-state index contributed by atoms with van der Waals surface area (Å²) in [6.45, 7) is 23.0. The summed E-state index contributed by atoms with van der Waals surface area (Å²) in [6.07, 6.45) is 13.7. The molecule has 12 aliphatic rings. The maximum absolute atomic E-state index is 12.7. The van der Waals surface area contributed by atoms with Gasteiger partial charge >= 0.3 is 0 Å². The van der Waals surface area contributed by atoms with Crippen LogP contribution in [0.3, 0.4) is 0 Å². The fourth-order valence-corrected chi connectivity index (χ4v) is 22.9. The van der Waals surface area contributed by atoms with E-state index in [1.807, 2.05) is 99.7 Å². The molecule has 8 saturated carbocycles. The summed E-state index contributed by atoms with van der Waals surface area (Å²) in [5.41, 5.74) is 8.99. The molecular formula is C68H78Cl7N17O14P2.